The Bertz CT molecular complexity index is 1100. The van der Waals surface area contributed by atoms with Crippen molar-refractivity contribution < 1.29 is 19.1 Å². The van der Waals surface area contributed by atoms with Gasteiger partial charge < -0.3 is 14.3 Å². The molecule has 1 saturated heterocycles. The van der Waals surface area contributed by atoms with E-state index in [0.717, 1.165) is 25.9 Å². The van der Waals surface area contributed by atoms with Gasteiger partial charge in [-0.05, 0) is 32.0 Å². The van der Waals surface area contributed by atoms with Crippen molar-refractivity contribution in [1.29, 1.82) is 0 Å². The van der Waals surface area contributed by atoms with Crippen molar-refractivity contribution in [3.05, 3.63) is 58.0 Å². The lowest BCUT2D eigenvalue weighted by atomic mass is 9.94. The number of aromatic hydroxyl groups is 1. The van der Waals surface area contributed by atoms with Crippen molar-refractivity contribution in [2.75, 3.05) is 20.2 Å². The lowest BCUT2D eigenvalue weighted by Crippen LogP contribution is -2.29. The van der Waals surface area contributed by atoms with Gasteiger partial charge in [0.25, 0.3) is 0 Å². The molecule has 30 heavy (non-hydrogen) atoms. The highest BCUT2D eigenvalue weighted by atomic mass is 16.5. The molecular weight excluding hydrogens is 388 g/mol. The first-order chi connectivity index (χ1) is 14.6. The lowest BCUT2D eigenvalue weighted by molar-refractivity contribution is -0.140. The third-order valence-corrected chi connectivity index (χ3v) is 5.42. The standard InChI is InChI=1S/C21H24N4O5/c1-29-18(27)11-15(16-12-23-25-9-5-6-22-21(16)25)20-19(28)17(26)10-14(30-20)13-24-7-3-2-4-8-24/h5-6,9-10,12,15,28H,2-4,7-8,11,13H2,1H3/t15-/m0/s1. The summed E-state index contributed by atoms with van der Waals surface area (Å²) in [6.07, 6.45) is 8.18. The molecule has 1 atom stereocenters. The molecule has 1 N–H and O–H groups in total. The van der Waals surface area contributed by atoms with E-state index in [9.17, 15) is 14.7 Å². The number of hydrogen-bond acceptors (Lipinski definition) is 8. The second-order valence-corrected chi connectivity index (χ2v) is 7.45. The van der Waals surface area contributed by atoms with E-state index in [-0.39, 0.29) is 12.2 Å². The molecule has 1 fully saturated rings. The highest BCUT2D eigenvalue weighted by Crippen LogP contribution is 2.35. The molecule has 0 radical (unpaired) electrons. The molecule has 4 heterocycles. The zero-order valence-electron chi connectivity index (χ0n) is 16.8. The van der Waals surface area contributed by atoms with Crippen molar-refractivity contribution in [2.45, 2.75) is 38.1 Å². The summed E-state index contributed by atoms with van der Waals surface area (Å²) in [5, 5.41) is 14.8. The molecule has 9 nitrogen and oxygen atoms in total. The summed E-state index contributed by atoms with van der Waals surface area (Å²) < 4.78 is 12.4. The fraction of sp³-hybridized carbons (Fsp3) is 0.429. The molecule has 4 rings (SSSR count). The number of likely N-dealkylation sites (tertiary alicyclic amines) is 1. The lowest BCUT2D eigenvalue weighted by Gasteiger charge is -2.26. The van der Waals surface area contributed by atoms with Crippen molar-refractivity contribution in [3.8, 4) is 5.75 Å². The first-order valence-corrected chi connectivity index (χ1v) is 10.00. The van der Waals surface area contributed by atoms with Crippen molar-refractivity contribution in [2.24, 2.45) is 0 Å². The average molecular weight is 412 g/mol. The van der Waals surface area contributed by atoms with E-state index < -0.39 is 23.1 Å². The normalized spacial score (nSPS) is 15.9. The molecule has 1 aliphatic heterocycles. The predicted octanol–water partition coefficient (Wildman–Crippen LogP) is 2.07. The van der Waals surface area contributed by atoms with Crippen molar-refractivity contribution in [3.63, 3.8) is 0 Å². The van der Waals surface area contributed by atoms with Crippen LogP contribution < -0.4 is 5.43 Å². The summed E-state index contributed by atoms with van der Waals surface area (Å²) in [4.78, 5) is 31.2. The van der Waals surface area contributed by atoms with E-state index >= 15 is 0 Å². The third kappa shape index (κ3) is 4.06. The van der Waals surface area contributed by atoms with Gasteiger partial charge >= 0.3 is 5.97 Å². The Morgan fingerprint density at radius 3 is 2.90 bits per heavy atom. The second kappa shape index (κ2) is 8.66. The number of aromatic nitrogens is 3. The fourth-order valence-electron chi connectivity index (χ4n) is 3.89. The van der Waals surface area contributed by atoms with E-state index in [4.69, 9.17) is 9.15 Å². The maximum atomic E-state index is 12.5. The molecular formula is C21H24N4O5. The molecule has 3 aromatic rings. The average Bonchev–Trinajstić information content (AvgIpc) is 3.19. The van der Waals surface area contributed by atoms with Gasteiger partial charge in [0.2, 0.25) is 11.2 Å². The Morgan fingerprint density at radius 1 is 1.33 bits per heavy atom. The molecule has 158 valence electrons. The van der Waals surface area contributed by atoms with Gasteiger partial charge in [-0.15, -0.1) is 0 Å². The van der Waals surface area contributed by atoms with E-state index in [1.54, 1.807) is 29.2 Å². The van der Waals surface area contributed by atoms with Gasteiger partial charge in [-0.3, -0.25) is 14.5 Å². The van der Waals surface area contributed by atoms with Gasteiger partial charge in [-0.1, -0.05) is 6.42 Å². The minimum Gasteiger partial charge on any atom is -0.502 e. The summed E-state index contributed by atoms with van der Waals surface area (Å²) in [6, 6.07) is 3.05. The van der Waals surface area contributed by atoms with Gasteiger partial charge in [0.15, 0.2) is 11.4 Å². The van der Waals surface area contributed by atoms with Crippen LogP contribution in [0.2, 0.25) is 0 Å². The molecule has 3 aromatic heterocycles. The van der Waals surface area contributed by atoms with E-state index in [2.05, 4.69) is 15.0 Å². The van der Waals surface area contributed by atoms with Gasteiger partial charge in [-0.2, -0.15) is 5.10 Å². The molecule has 0 saturated carbocycles. The van der Waals surface area contributed by atoms with Crippen LogP contribution >= 0.6 is 0 Å². The number of methoxy groups -OCH3 is 1. The Kier molecular flexibility index (Phi) is 5.80. The van der Waals surface area contributed by atoms with Crippen molar-refractivity contribution >= 4 is 11.6 Å². The molecule has 0 amide bonds. The summed E-state index contributed by atoms with van der Waals surface area (Å²) in [6.45, 7) is 2.34. The summed E-state index contributed by atoms with van der Waals surface area (Å²) >= 11 is 0. The highest BCUT2D eigenvalue weighted by Gasteiger charge is 2.29. The number of fused-ring (bicyclic) bond motifs is 1. The van der Waals surface area contributed by atoms with Crippen LogP contribution in [-0.2, 0) is 16.1 Å². The first kappa shape index (κ1) is 20.1. The molecule has 0 spiro atoms. The second-order valence-electron chi connectivity index (χ2n) is 7.45. The van der Waals surface area contributed by atoms with Crippen LogP contribution in [0.3, 0.4) is 0 Å². The van der Waals surface area contributed by atoms with Crippen LogP contribution in [0.15, 0.2) is 39.9 Å². The number of carbonyl (C=O) groups excluding carboxylic acids is 1. The van der Waals surface area contributed by atoms with Gasteiger partial charge in [0, 0.05) is 24.0 Å². The van der Waals surface area contributed by atoms with E-state index in [0.29, 0.717) is 23.5 Å². The molecule has 0 bridgehead atoms. The Morgan fingerprint density at radius 2 is 2.13 bits per heavy atom. The smallest absolute Gasteiger partial charge is 0.306 e. The third-order valence-electron chi connectivity index (χ3n) is 5.42. The highest BCUT2D eigenvalue weighted by molar-refractivity contribution is 5.72. The van der Waals surface area contributed by atoms with Crippen LogP contribution in [0.1, 0.15) is 48.7 Å². The van der Waals surface area contributed by atoms with Gasteiger partial charge in [-0.25, -0.2) is 9.50 Å². The summed E-state index contributed by atoms with van der Waals surface area (Å²) in [5.74, 6) is -1.30. The number of esters is 1. The molecule has 0 aliphatic carbocycles. The molecule has 0 unspecified atom stereocenters. The zero-order valence-corrected chi connectivity index (χ0v) is 16.8. The summed E-state index contributed by atoms with van der Waals surface area (Å²) in [5.41, 5.74) is 0.534. The van der Waals surface area contributed by atoms with Crippen LogP contribution in [-0.4, -0.2) is 50.8 Å². The Hall–Kier alpha value is -3.20. The number of piperidine rings is 1. The Labute approximate surface area is 172 Å². The molecule has 1 aliphatic rings. The van der Waals surface area contributed by atoms with Crippen LogP contribution in [0.5, 0.6) is 5.75 Å². The Balaban J connectivity index is 1.77. The van der Waals surface area contributed by atoms with Crippen molar-refractivity contribution in [1.82, 2.24) is 19.5 Å². The fourth-order valence-corrected chi connectivity index (χ4v) is 3.89. The monoisotopic (exact) mass is 412 g/mol. The van der Waals surface area contributed by atoms with E-state index in [1.165, 1.54) is 19.6 Å². The zero-order chi connectivity index (χ0) is 21.1. The summed E-state index contributed by atoms with van der Waals surface area (Å²) in [7, 11) is 1.29. The minimum absolute atomic E-state index is 0.0282. The maximum Gasteiger partial charge on any atom is 0.306 e. The minimum atomic E-state index is -0.765. The molecule has 0 aromatic carbocycles. The number of nitrogens with zero attached hydrogens (tertiary/aromatic N) is 4. The molecule has 9 heteroatoms. The maximum absolute atomic E-state index is 12.5. The van der Waals surface area contributed by atoms with Crippen LogP contribution in [0.4, 0.5) is 0 Å². The number of ether oxygens (including phenoxy) is 1. The first-order valence-electron chi connectivity index (χ1n) is 10.00. The number of hydrogen-bond donors (Lipinski definition) is 1. The topological polar surface area (TPSA) is 110 Å². The van der Waals surface area contributed by atoms with Gasteiger partial charge in [0.1, 0.15) is 5.76 Å². The van der Waals surface area contributed by atoms with Gasteiger partial charge in [0.05, 0.1) is 32.2 Å². The largest absolute Gasteiger partial charge is 0.502 e. The quantitative estimate of drug-likeness (QED) is 0.613. The number of carbonyl (C=O) groups is 1. The predicted molar refractivity (Wildman–Crippen MR) is 107 cm³/mol. The van der Waals surface area contributed by atoms with Crippen LogP contribution in [0, 0.1) is 0 Å². The van der Waals surface area contributed by atoms with E-state index in [1.807, 2.05) is 0 Å². The SMILES string of the molecule is COC(=O)C[C@H](c1oc(CN2CCCCC2)cc(=O)c1O)c1cnn2cccnc12. The number of rotatable bonds is 6. The van der Waals surface area contributed by atoms with Crippen LogP contribution in [0.25, 0.3) is 5.65 Å².